The molecule has 0 N–H and O–H groups in total. The molecule has 0 saturated heterocycles. The second-order valence-corrected chi connectivity index (χ2v) is 8.08. The Labute approximate surface area is 200 Å². The standard InChI is InChI=1S/C25H25F3N2O5/c1-3-7-21-23(24(32)35-4-2)19(18-8-5-6-9-20(18)25(26,27)28)14-22(31)29(21)15-16-10-12-17(13-11-16)30(33)34/h5-6,8-13,19H,3-4,7,14-15H2,1-2H3. The van der Waals surface area contributed by atoms with Crippen molar-refractivity contribution in [2.75, 3.05) is 6.61 Å². The highest BCUT2D eigenvalue weighted by molar-refractivity contribution is 5.96. The molecule has 0 aromatic heterocycles. The number of halogens is 3. The number of nitro benzene ring substituents is 1. The van der Waals surface area contributed by atoms with Crippen LogP contribution in [0.25, 0.3) is 0 Å². The molecule has 0 radical (unpaired) electrons. The van der Waals surface area contributed by atoms with Gasteiger partial charge in [-0.3, -0.25) is 14.9 Å². The predicted octanol–water partition coefficient (Wildman–Crippen LogP) is 5.75. The Balaban J connectivity index is 2.15. The van der Waals surface area contributed by atoms with Gasteiger partial charge in [-0.1, -0.05) is 43.7 Å². The SMILES string of the molecule is CCCC1=C(C(=O)OCC)C(c2ccccc2C(F)(F)F)CC(=O)N1Cc1ccc([N+](=O)[O-])cc1. The highest BCUT2D eigenvalue weighted by Gasteiger charge is 2.42. The van der Waals surface area contributed by atoms with E-state index >= 15 is 0 Å². The number of ether oxygens (including phenoxy) is 1. The summed E-state index contributed by atoms with van der Waals surface area (Å²) in [7, 11) is 0. The van der Waals surface area contributed by atoms with E-state index in [1.807, 2.05) is 6.92 Å². The van der Waals surface area contributed by atoms with Crippen molar-refractivity contribution in [2.45, 2.75) is 51.7 Å². The van der Waals surface area contributed by atoms with E-state index in [0.29, 0.717) is 17.7 Å². The van der Waals surface area contributed by atoms with Gasteiger partial charge in [0.1, 0.15) is 0 Å². The van der Waals surface area contributed by atoms with Gasteiger partial charge in [0, 0.05) is 30.2 Å². The average Bonchev–Trinajstić information content (AvgIpc) is 2.81. The van der Waals surface area contributed by atoms with Gasteiger partial charge < -0.3 is 9.64 Å². The number of rotatable bonds is 8. The Morgan fingerprint density at radius 2 is 1.80 bits per heavy atom. The molecule has 1 aliphatic heterocycles. The van der Waals surface area contributed by atoms with E-state index in [1.165, 1.54) is 47.4 Å². The molecule has 1 unspecified atom stereocenters. The maximum Gasteiger partial charge on any atom is 0.416 e. The average molecular weight is 490 g/mol. The molecule has 7 nitrogen and oxygen atoms in total. The Morgan fingerprint density at radius 1 is 1.14 bits per heavy atom. The zero-order valence-corrected chi connectivity index (χ0v) is 19.3. The summed E-state index contributed by atoms with van der Waals surface area (Å²) in [5.41, 5.74) is -0.248. The van der Waals surface area contributed by atoms with Gasteiger partial charge in [0.25, 0.3) is 5.69 Å². The number of benzene rings is 2. The van der Waals surface area contributed by atoms with Gasteiger partial charge in [0.15, 0.2) is 0 Å². The van der Waals surface area contributed by atoms with Crippen molar-refractivity contribution in [3.63, 3.8) is 0 Å². The van der Waals surface area contributed by atoms with Crippen molar-refractivity contribution < 1.29 is 32.4 Å². The summed E-state index contributed by atoms with van der Waals surface area (Å²) in [6.07, 6.45) is -4.23. The molecule has 3 rings (SSSR count). The van der Waals surface area contributed by atoms with Gasteiger partial charge in [0.05, 0.1) is 29.2 Å². The number of amides is 1. The summed E-state index contributed by atoms with van der Waals surface area (Å²) < 4.78 is 46.6. The Hall–Kier alpha value is -3.69. The summed E-state index contributed by atoms with van der Waals surface area (Å²) in [5.74, 6) is -2.32. The first kappa shape index (κ1) is 25.9. The number of non-ortho nitro benzene ring substituents is 1. The van der Waals surface area contributed by atoms with Gasteiger partial charge in [-0.15, -0.1) is 0 Å². The number of carbonyl (C=O) groups is 2. The monoisotopic (exact) mass is 490 g/mol. The maximum absolute atomic E-state index is 13.8. The van der Waals surface area contributed by atoms with E-state index < -0.39 is 34.5 Å². The van der Waals surface area contributed by atoms with Crippen LogP contribution in [0, 0.1) is 10.1 Å². The Morgan fingerprint density at radius 3 is 2.37 bits per heavy atom. The molecule has 0 aliphatic carbocycles. The van der Waals surface area contributed by atoms with E-state index in [4.69, 9.17) is 4.74 Å². The van der Waals surface area contributed by atoms with Crippen molar-refractivity contribution in [1.29, 1.82) is 0 Å². The number of esters is 1. The van der Waals surface area contributed by atoms with Crippen molar-refractivity contribution in [1.82, 2.24) is 4.90 Å². The maximum atomic E-state index is 13.8. The fourth-order valence-electron chi connectivity index (χ4n) is 4.27. The lowest BCUT2D eigenvalue weighted by atomic mass is 9.80. The van der Waals surface area contributed by atoms with Gasteiger partial charge in [-0.25, -0.2) is 4.79 Å². The minimum atomic E-state index is -4.67. The van der Waals surface area contributed by atoms with Crippen LogP contribution in [0.15, 0.2) is 59.8 Å². The van der Waals surface area contributed by atoms with Gasteiger partial charge >= 0.3 is 12.1 Å². The van der Waals surface area contributed by atoms with Crippen LogP contribution in [0.5, 0.6) is 0 Å². The fraction of sp³-hybridized carbons (Fsp3) is 0.360. The van der Waals surface area contributed by atoms with E-state index in [9.17, 15) is 32.9 Å². The molecule has 0 saturated carbocycles. The van der Waals surface area contributed by atoms with Crippen molar-refractivity contribution in [3.05, 3.63) is 86.6 Å². The number of alkyl halides is 3. The smallest absolute Gasteiger partial charge is 0.416 e. The molecule has 2 aromatic carbocycles. The molecule has 10 heteroatoms. The second-order valence-electron chi connectivity index (χ2n) is 8.08. The predicted molar refractivity (Wildman–Crippen MR) is 121 cm³/mol. The molecule has 0 bridgehead atoms. The fourth-order valence-corrected chi connectivity index (χ4v) is 4.27. The topological polar surface area (TPSA) is 89.8 Å². The molecule has 0 spiro atoms. The lowest BCUT2D eigenvalue weighted by Gasteiger charge is -2.36. The van der Waals surface area contributed by atoms with Crippen LogP contribution in [-0.4, -0.2) is 28.3 Å². The first-order valence-electron chi connectivity index (χ1n) is 11.2. The molecule has 1 heterocycles. The molecular formula is C25H25F3N2O5. The van der Waals surface area contributed by atoms with Gasteiger partial charge in [-0.2, -0.15) is 13.2 Å². The zero-order valence-electron chi connectivity index (χ0n) is 19.3. The van der Waals surface area contributed by atoms with Crippen molar-refractivity contribution in [3.8, 4) is 0 Å². The molecule has 2 aromatic rings. The van der Waals surface area contributed by atoms with Crippen LogP contribution in [0.4, 0.5) is 18.9 Å². The summed E-state index contributed by atoms with van der Waals surface area (Å²) in [4.78, 5) is 38.1. The third kappa shape index (κ3) is 5.70. The zero-order chi connectivity index (χ0) is 25.8. The van der Waals surface area contributed by atoms with E-state index in [1.54, 1.807) is 6.92 Å². The summed E-state index contributed by atoms with van der Waals surface area (Å²) in [6, 6.07) is 10.6. The number of hydrogen-bond acceptors (Lipinski definition) is 5. The van der Waals surface area contributed by atoms with Crippen LogP contribution in [-0.2, 0) is 27.0 Å². The van der Waals surface area contributed by atoms with E-state index in [2.05, 4.69) is 0 Å². The first-order chi connectivity index (χ1) is 16.6. The summed E-state index contributed by atoms with van der Waals surface area (Å²) >= 11 is 0. The Bertz CT molecular complexity index is 1140. The lowest BCUT2D eigenvalue weighted by molar-refractivity contribution is -0.384. The number of allylic oxidation sites excluding steroid dienone is 1. The summed E-state index contributed by atoms with van der Waals surface area (Å²) in [6.45, 7) is 3.46. The molecule has 186 valence electrons. The molecule has 1 atom stereocenters. The minimum Gasteiger partial charge on any atom is -0.463 e. The Kier molecular flexibility index (Phi) is 7.93. The molecule has 1 aliphatic rings. The molecule has 1 amide bonds. The van der Waals surface area contributed by atoms with Crippen LogP contribution in [0.2, 0.25) is 0 Å². The second kappa shape index (κ2) is 10.7. The van der Waals surface area contributed by atoms with Gasteiger partial charge in [-0.05, 0) is 30.5 Å². The van der Waals surface area contributed by atoms with Crippen LogP contribution in [0.1, 0.15) is 55.7 Å². The number of nitro groups is 1. The molecule has 35 heavy (non-hydrogen) atoms. The lowest BCUT2D eigenvalue weighted by Crippen LogP contribution is -2.39. The highest BCUT2D eigenvalue weighted by Crippen LogP contribution is 2.44. The quantitative estimate of drug-likeness (QED) is 0.267. The molecular weight excluding hydrogens is 465 g/mol. The minimum absolute atomic E-state index is 0.0166. The first-order valence-corrected chi connectivity index (χ1v) is 11.2. The normalized spacial score (nSPS) is 16.4. The van der Waals surface area contributed by atoms with E-state index in [-0.39, 0.29) is 42.8 Å². The van der Waals surface area contributed by atoms with Crippen LogP contribution in [0.3, 0.4) is 0 Å². The van der Waals surface area contributed by atoms with Crippen LogP contribution >= 0.6 is 0 Å². The third-order valence-electron chi connectivity index (χ3n) is 5.78. The highest BCUT2D eigenvalue weighted by atomic mass is 19.4. The van der Waals surface area contributed by atoms with Crippen LogP contribution < -0.4 is 0 Å². The summed E-state index contributed by atoms with van der Waals surface area (Å²) in [5, 5.41) is 10.9. The number of nitrogens with zero attached hydrogens (tertiary/aromatic N) is 2. The number of carbonyl (C=O) groups excluding carboxylic acids is 2. The van der Waals surface area contributed by atoms with Crippen molar-refractivity contribution >= 4 is 17.6 Å². The van der Waals surface area contributed by atoms with Gasteiger partial charge in [0.2, 0.25) is 5.91 Å². The molecule has 0 fully saturated rings. The largest absolute Gasteiger partial charge is 0.463 e. The van der Waals surface area contributed by atoms with Crippen molar-refractivity contribution in [2.24, 2.45) is 0 Å². The number of hydrogen-bond donors (Lipinski definition) is 0. The third-order valence-corrected chi connectivity index (χ3v) is 5.78. The van der Waals surface area contributed by atoms with E-state index in [0.717, 1.165) is 6.07 Å².